The Morgan fingerprint density at radius 2 is 1.71 bits per heavy atom. The van der Waals surface area contributed by atoms with Gasteiger partial charge in [-0.1, -0.05) is 6.42 Å². The number of nitrogens with two attached hydrogens (primary N) is 1. The molecular formula is C13H28N2O2. The fourth-order valence-corrected chi connectivity index (χ4v) is 2.55. The van der Waals surface area contributed by atoms with Crippen molar-refractivity contribution in [3.05, 3.63) is 0 Å². The quantitative estimate of drug-likeness (QED) is 0.660. The molecule has 1 aliphatic carbocycles. The lowest BCUT2D eigenvalue weighted by Gasteiger charge is -2.24. The van der Waals surface area contributed by atoms with Crippen molar-refractivity contribution in [1.82, 2.24) is 4.90 Å². The molecule has 102 valence electrons. The van der Waals surface area contributed by atoms with Crippen molar-refractivity contribution in [2.75, 3.05) is 47.1 Å². The van der Waals surface area contributed by atoms with Gasteiger partial charge in [0, 0.05) is 33.4 Å². The second-order valence-corrected chi connectivity index (χ2v) is 4.97. The van der Waals surface area contributed by atoms with Gasteiger partial charge < -0.3 is 15.2 Å². The fraction of sp³-hybridized carbons (Fsp3) is 1.00. The topological polar surface area (TPSA) is 47.7 Å². The predicted molar refractivity (Wildman–Crippen MR) is 70.1 cm³/mol. The van der Waals surface area contributed by atoms with E-state index in [9.17, 15) is 0 Å². The maximum atomic E-state index is 6.10. The average Bonchev–Trinajstić information content (AvgIpc) is 2.74. The van der Waals surface area contributed by atoms with Crippen LogP contribution in [0.3, 0.4) is 0 Å². The highest BCUT2D eigenvalue weighted by Crippen LogP contribution is 2.26. The molecule has 2 unspecified atom stereocenters. The van der Waals surface area contributed by atoms with Crippen LogP contribution in [0.1, 0.15) is 25.7 Å². The summed E-state index contributed by atoms with van der Waals surface area (Å²) in [7, 11) is 3.50. The van der Waals surface area contributed by atoms with Crippen LogP contribution in [0, 0.1) is 5.92 Å². The van der Waals surface area contributed by atoms with Gasteiger partial charge in [0.05, 0.1) is 13.2 Å². The minimum absolute atomic E-state index is 0.432. The number of methoxy groups -OCH3 is 2. The van der Waals surface area contributed by atoms with Crippen LogP contribution in [0.25, 0.3) is 0 Å². The van der Waals surface area contributed by atoms with Gasteiger partial charge in [-0.25, -0.2) is 0 Å². The SMILES string of the molecule is COCCN(CCOC)CCC1CCCC1N. The van der Waals surface area contributed by atoms with Crippen LogP contribution < -0.4 is 5.73 Å². The fourth-order valence-electron chi connectivity index (χ4n) is 2.55. The van der Waals surface area contributed by atoms with E-state index < -0.39 is 0 Å². The molecular weight excluding hydrogens is 216 g/mol. The minimum Gasteiger partial charge on any atom is -0.383 e. The van der Waals surface area contributed by atoms with Crippen LogP contribution >= 0.6 is 0 Å². The molecule has 0 heterocycles. The molecule has 17 heavy (non-hydrogen) atoms. The first-order valence-corrected chi connectivity index (χ1v) is 6.73. The summed E-state index contributed by atoms with van der Waals surface area (Å²) in [6.45, 7) is 4.68. The van der Waals surface area contributed by atoms with Crippen LogP contribution in [0.15, 0.2) is 0 Å². The van der Waals surface area contributed by atoms with E-state index in [-0.39, 0.29) is 0 Å². The summed E-state index contributed by atoms with van der Waals surface area (Å²) in [6.07, 6.45) is 5.04. The highest BCUT2D eigenvalue weighted by molar-refractivity contribution is 4.80. The Balaban J connectivity index is 2.21. The maximum Gasteiger partial charge on any atom is 0.0589 e. The molecule has 0 aliphatic heterocycles. The largest absolute Gasteiger partial charge is 0.383 e. The molecule has 1 rings (SSSR count). The van der Waals surface area contributed by atoms with Crippen molar-refractivity contribution in [1.29, 1.82) is 0 Å². The predicted octanol–water partition coefficient (Wildman–Crippen LogP) is 1.10. The van der Waals surface area contributed by atoms with Gasteiger partial charge in [-0.15, -0.1) is 0 Å². The van der Waals surface area contributed by atoms with Crippen LogP contribution in [-0.2, 0) is 9.47 Å². The van der Waals surface area contributed by atoms with Crippen molar-refractivity contribution >= 4 is 0 Å². The summed E-state index contributed by atoms with van der Waals surface area (Å²) in [5.41, 5.74) is 6.10. The maximum absolute atomic E-state index is 6.10. The Labute approximate surface area is 105 Å². The van der Waals surface area contributed by atoms with Crippen LogP contribution in [0.2, 0.25) is 0 Å². The summed E-state index contributed by atoms with van der Waals surface area (Å²) >= 11 is 0. The Morgan fingerprint density at radius 3 is 2.18 bits per heavy atom. The zero-order chi connectivity index (χ0) is 12.5. The average molecular weight is 244 g/mol. The number of hydrogen-bond acceptors (Lipinski definition) is 4. The van der Waals surface area contributed by atoms with Gasteiger partial charge >= 0.3 is 0 Å². The van der Waals surface area contributed by atoms with E-state index in [2.05, 4.69) is 4.90 Å². The molecule has 4 nitrogen and oxygen atoms in total. The first kappa shape index (κ1) is 14.9. The normalized spacial score (nSPS) is 24.7. The van der Waals surface area contributed by atoms with E-state index in [0.29, 0.717) is 6.04 Å². The van der Waals surface area contributed by atoms with E-state index in [1.807, 2.05) is 0 Å². The van der Waals surface area contributed by atoms with Gasteiger partial charge in [-0.3, -0.25) is 4.90 Å². The monoisotopic (exact) mass is 244 g/mol. The number of hydrogen-bond donors (Lipinski definition) is 1. The smallest absolute Gasteiger partial charge is 0.0589 e. The molecule has 0 spiro atoms. The third-order valence-corrected chi connectivity index (χ3v) is 3.76. The Morgan fingerprint density at radius 1 is 1.06 bits per heavy atom. The molecule has 1 aliphatic rings. The lowest BCUT2D eigenvalue weighted by Crippen LogP contribution is -2.34. The van der Waals surface area contributed by atoms with Crippen molar-refractivity contribution < 1.29 is 9.47 Å². The molecule has 0 aromatic carbocycles. The lowest BCUT2D eigenvalue weighted by atomic mass is 10.00. The van der Waals surface area contributed by atoms with Crippen LogP contribution in [0.4, 0.5) is 0 Å². The number of ether oxygens (including phenoxy) is 2. The van der Waals surface area contributed by atoms with Crippen molar-refractivity contribution in [2.24, 2.45) is 11.7 Å². The zero-order valence-electron chi connectivity index (χ0n) is 11.4. The summed E-state index contributed by atoms with van der Waals surface area (Å²) in [4.78, 5) is 2.41. The van der Waals surface area contributed by atoms with Gasteiger partial charge in [0.25, 0.3) is 0 Å². The second kappa shape index (κ2) is 8.86. The number of nitrogens with zero attached hydrogens (tertiary/aromatic N) is 1. The minimum atomic E-state index is 0.432. The molecule has 0 aromatic rings. The van der Waals surface area contributed by atoms with Crippen molar-refractivity contribution in [3.8, 4) is 0 Å². The Bertz CT molecular complexity index is 182. The lowest BCUT2D eigenvalue weighted by molar-refractivity contribution is 0.110. The number of rotatable bonds is 9. The van der Waals surface area contributed by atoms with Crippen LogP contribution in [0.5, 0.6) is 0 Å². The molecule has 1 saturated carbocycles. The van der Waals surface area contributed by atoms with Crippen molar-refractivity contribution in [2.45, 2.75) is 31.7 Å². The first-order chi connectivity index (χ1) is 8.27. The Kier molecular flexibility index (Phi) is 7.77. The Hall–Kier alpha value is -0.160. The van der Waals surface area contributed by atoms with Gasteiger partial charge in [0.15, 0.2) is 0 Å². The third kappa shape index (κ3) is 5.82. The molecule has 4 heteroatoms. The van der Waals surface area contributed by atoms with Crippen LogP contribution in [-0.4, -0.2) is 58.0 Å². The summed E-state index contributed by atoms with van der Waals surface area (Å²) in [5, 5.41) is 0. The molecule has 0 radical (unpaired) electrons. The van der Waals surface area contributed by atoms with Gasteiger partial charge in [0.2, 0.25) is 0 Å². The molecule has 0 saturated heterocycles. The van der Waals surface area contributed by atoms with Gasteiger partial charge in [-0.05, 0) is 31.7 Å². The molecule has 0 amide bonds. The first-order valence-electron chi connectivity index (χ1n) is 6.73. The summed E-state index contributed by atoms with van der Waals surface area (Å²) in [5.74, 6) is 0.725. The highest BCUT2D eigenvalue weighted by Gasteiger charge is 2.23. The molecule has 2 atom stereocenters. The molecule has 0 bridgehead atoms. The van der Waals surface area contributed by atoms with E-state index in [4.69, 9.17) is 15.2 Å². The van der Waals surface area contributed by atoms with E-state index in [0.717, 1.165) is 38.8 Å². The molecule has 0 aromatic heterocycles. The molecule has 1 fully saturated rings. The zero-order valence-corrected chi connectivity index (χ0v) is 11.4. The molecule has 2 N–H and O–H groups in total. The highest BCUT2D eigenvalue weighted by atomic mass is 16.5. The van der Waals surface area contributed by atoms with Gasteiger partial charge in [0.1, 0.15) is 0 Å². The van der Waals surface area contributed by atoms with E-state index in [1.165, 1.54) is 25.7 Å². The second-order valence-electron chi connectivity index (χ2n) is 4.97. The van der Waals surface area contributed by atoms with Crippen molar-refractivity contribution in [3.63, 3.8) is 0 Å². The van der Waals surface area contributed by atoms with Gasteiger partial charge in [-0.2, -0.15) is 0 Å². The standard InChI is InChI=1S/C13H28N2O2/c1-16-10-8-15(9-11-17-2)7-6-12-4-3-5-13(12)14/h12-13H,3-11,14H2,1-2H3. The third-order valence-electron chi connectivity index (χ3n) is 3.76. The van der Waals surface area contributed by atoms with E-state index >= 15 is 0 Å². The summed E-state index contributed by atoms with van der Waals surface area (Å²) in [6, 6.07) is 0.432. The van der Waals surface area contributed by atoms with E-state index in [1.54, 1.807) is 14.2 Å². The summed E-state index contributed by atoms with van der Waals surface area (Å²) < 4.78 is 10.3.